The van der Waals surface area contributed by atoms with Crippen LogP contribution in [0.15, 0.2) is 46.3 Å². The molecule has 0 aliphatic carbocycles. The normalized spacial score (nSPS) is 11.5. The van der Waals surface area contributed by atoms with E-state index < -0.39 is 56.8 Å². The summed E-state index contributed by atoms with van der Waals surface area (Å²) in [5.74, 6) is -1.89. The fourth-order valence-corrected chi connectivity index (χ4v) is 4.06. The highest BCUT2D eigenvalue weighted by Gasteiger charge is 2.34. The number of nitrogens with two attached hydrogens (primary N) is 2. The number of oxime groups is 1. The number of amides is 1. The maximum Gasteiger partial charge on any atom is 0.416 e. The van der Waals surface area contributed by atoms with Gasteiger partial charge in [0, 0.05) is 5.69 Å². The van der Waals surface area contributed by atoms with Crippen molar-refractivity contribution < 1.29 is 31.2 Å². The van der Waals surface area contributed by atoms with Crippen LogP contribution < -0.4 is 27.1 Å². The number of carbonyl (C=O) groups is 1. The molecule has 1 aromatic heterocycles. The van der Waals surface area contributed by atoms with Gasteiger partial charge >= 0.3 is 6.18 Å². The Kier molecular flexibility index (Phi) is 8.51. The van der Waals surface area contributed by atoms with Gasteiger partial charge in [0.05, 0.1) is 17.9 Å². The first-order valence-electron chi connectivity index (χ1n) is 9.64. The number of nitrogens with zero attached hydrogens (tertiary/aromatic N) is 2. The molecule has 2 aromatic rings. The molecule has 34 heavy (non-hydrogen) atoms. The summed E-state index contributed by atoms with van der Waals surface area (Å²) < 4.78 is 67.6. The minimum absolute atomic E-state index is 0.0222. The van der Waals surface area contributed by atoms with Gasteiger partial charge in [-0.3, -0.25) is 14.3 Å². The van der Waals surface area contributed by atoms with Crippen LogP contribution in [0.2, 0.25) is 0 Å². The average molecular weight is 504 g/mol. The van der Waals surface area contributed by atoms with Gasteiger partial charge in [-0.25, -0.2) is 8.42 Å². The van der Waals surface area contributed by atoms with Crippen LogP contribution in [0.3, 0.4) is 0 Å². The first kappa shape index (κ1) is 26.5. The predicted octanol–water partition coefficient (Wildman–Crippen LogP) is 0.439. The molecular weight excluding hydrogens is 481 g/mol. The Balaban J connectivity index is 2.14. The average Bonchev–Trinajstić information content (AvgIpc) is 2.72. The lowest BCUT2D eigenvalue weighted by Gasteiger charge is -2.15. The number of aryl methyl sites for hydroxylation is 1. The number of sulfonamides is 1. The van der Waals surface area contributed by atoms with Crippen molar-refractivity contribution in [3.63, 3.8) is 0 Å². The first-order valence-corrected chi connectivity index (χ1v) is 11.3. The Morgan fingerprint density at radius 1 is 1.18 bits per heavy atom. The number of hydrogen-bond donors (Lipinski definition) is 4. The van der Waals surface area contributed by atoms with Crippen LogP contribution in [0.4, 0.5) is 18.9 Å². The van der Waals surface area contributed by atoms with E-state index in [9.17, 15) is 31.2 Å². The molecule has 1 aromatic carbocycles. The van der Waals surface area contributed by atoms with E-state index in [-0.39, 0.29) is 19.1 Å². The molecule has 6 N–H and O–H groups in total. The standard InChI is InChI=1S/C19H23F3N6O5S/c1-12-6-7-15(17(30)28(12)10-16(29)25-8-9-33-26-18(23)24)27-34(31,32)11-13-4-2-3-5-14(13)19(20,21)22/h2-7,27H,8-11H2,1H3,(H,25,29)(H4,23,24,26). The Hall–Kier alpha value is -3.75. The molecule has 2 rings (SSSR count). The molecule has 0 atom stereocenters. The molecule has 0 fully saturated rings. The monoisotopic (exact) mass is 504 g/mol. The van der Waals surface area contributed by atoms with Crippen molar-refractivity contribution in [2.24, 2.45) is 16.6 Å². The molecule has 0 aliphatic rings. The van der Waals surface area contributed by atoms with Crippen LogP contribution in [0.1, 0.15) is 16.8 Å². The highest BCUT2D eigenvalue weighted by atomic mass is 32.2. The van der Waals surface area contributed by atoms with Crippen LogP contribution in [-0.2, 0) is 38.1 Å². The van der Waals surface area contributed by atoms with Crippen LogP contribution in [0.25, 0.3) is 0 Å². The van der Waals surface area contributed by atoms with Crippen molar-refractivity contribution in [1.82, 2.24) is 9.88 Å². The number of anilines is 1. The largest absolute Gasteiger partial charge is 0.416 e. The van der Waals surface area contributed by atoms with Gasteiger partial charge in [0.15, 0.2) is 0 Å². The predicted molar refractivity (Wildman–Crippen MR) is 118 cm³/mol. The molecule has 0 spiro atoms. The molecule has 0 bridgehead atoms. The highest BCUT2D eigenvalue weighted by molar-refractivity contribution is 7.91. The number of aromatic nitrogens is 1. The van der Waals surface area contributed by atoms with Gasteiger partial charge in [-0.15, -0.1) is 0 Å². The maximum atomic E-state index is 13.2. The smallest absolute Gasteiger partial charge is 0.391 e. The minimum atomic E-state index is -4.75. The van der Waals surface area contributed by atoms with Crippen LogP contribution in [0, 0.1) is 6.92 Å². The number of hydrogen-bond acceptors (Lipinski definition) is 6. The zero-order valence-electron chi connectivity index (χ0n) is 17.9. The van der Waals surface area contributed by atoms with Gasteiger partial charge in [-0.05, 0) is 35.8 Å². The van der Waals surface area contributed by atoms with E-state index in [1.54, 1.807) is 0 Å². The first-order chi connectivity index (χ1) is 15.8. The summed E-state index contributed by atoms with van der Waals surface area (Å²) in [5.41, 5.74) is 7.67. The van der Waals surface area contributed by atoms with Crippen molar-refractivity contribution >= 4 is 27.6 Å². The van der Waals surface area contributed by atoms with Crippen molar-refractivity contribution in [3.05, 3.63) is 63.6 Å². The Morgan fingerprint density at radius 2 is 1.85 bits per heavy atom. The summed E-state index contributed by atoms with van der Waals surface area (Å²) >= 11 is 0. The molecule has 186 valence electrons. The zero-order valence-corrected chi connectivity index (χ0v) is 18.7. The van der Waals surface area contributed by atoms with Crippen molar-refractivity contribution in [2.75, 3.05) is 17.9 Å². The lowest BCUT2D eigenvalue weighted by Crippen LogP contribution is -2.36. The van der Waals surface area contributed by atoms with E-state index in [1.807, 2.05) is 4.72 Å². The molecule has 15 heteroatoms. The molecule has 0 radical (unpaired) electrons. The molecule has 1 amide bonds. The summed E-state index contributed by atoms with van der Waals surface area (Å²) in [6.07, 6.45) is -4.75. The van der Waals surface area contributed by atoms with E-state index >= 15 is 0 Å². The summed E-state index contributed by atoms with van der Waals surface area (Å²) in [4.78, 5) is 29.6. The number of benzene rings is 1. The number of alkyl halides is 3. The van der Waals surface area contributed by atoms with Gasteiger partial charge in [-0.2, -0.15) is 13.2 Å². The summed E-state index contributed by atoms with van der Waals surface area (Å²) in [7, 11) is -4.39. The second-order valence-electron chi connectivity index (χ2n) is 7.00. The molecule has 1 heterocycles. The van der Waals surface area contributed by atoms with E-state index in [1.165, 1.54) is 25.1 Å². The molecule has 0 saturated carbocycles. The quantitative estimate of drug-likeness (QED) is 0.157. The van der Waals surface area contributed by atoms with Gasteiger partial charge in [0.1, 0.15) is 18.8 Å². The van der Waals surface area contributed by atoms with Crippen molar-refractivity contribution in [2.45, 2.75) is 25.4 Å². The maximum absolute atomic E-state index is 13.2. The number of halogens is 3. The topological polar surface area (TPSA) is 171 Å². The summed E-state index contributed by atoms with van der Waals surface area (Å²) in [5, 5.41) is 5.73. The molecule has 11 nitrogen and oxygen atoms in total. The molecule has 0 unspecified atom stereocenters. The Labute approximate surface area is 192 Å². The highest BCUT2D eigenvalue weighted by Crippen LogP contribution is 2.32. The number of carbonyl (C=O) groups excluding carboxylic acids is 1. The Bertz CT molecular complexity index is 1220. The van der Waals surface area contributed by atoms with E-state index in [0.29, 0.717) is 5.69 Å². The van der Waals surface area contributed by atoms with Gasteiger partial charge in [0.2, 0.25) is 21.9 Å². The van der Waals surface area contributed by atoms with Gasteiger partial charge in [0.25, 0.3) is 5.56 Å². The number of rotatable bonds is 10. The van der Waals surface area contributed by atoms with Gasteiger partial charge < -0.3 is 26.2 Å². The van der Waals surface area contributed by atoms with Gasteiger partial charge in [-0.1, -0.05) is 18.2 Å². The van der Waals surface area contributed by atoms with E-state index in [0.717, 1.165) is 22.8 Å². The van der Waals surface area contributed by atoms with Crippen LogP contribution in [0.5, 0.6) is 0 Å². The fourth-order valence-electron chi connectivity index (χ4n) is 2.83. The summed E-state index contributed by atoms with van der Waals surface area (Å²) in [6, 6.07) is 6.78. The lowest BCUT2D eigenvalue weighted by molar-refractivity contribution is -0.138. The third-order valence-electron chi connectivity index (χ3n) is 4.31. The fraction of sp³-hybridized carbons (Fsp3) is 0.316. The SMILES string of the molecule is Cc1ccc(NS(=O)(=O)Cc2ccccc2C(F)(F)F)c(=O)n1CC(=O)NCCON=C(N)N. The van der Waals surface area contributed by atoms with Crippen LogP contribution >= 0.6 is 0 Å². The molecule has 0 saturated heterocycles. The van der Waals surface area contributed by atoms with Crippen LogP contribution in [-0.4, -0.2) is 38.0 Å². The second-order valence-corrected chi connectivity index (χ2v) is 8.72. The zero-order chi connectivity index (χ0) is 25.5. The minimum Gasteiger partial charge on any atom is -0.391 e. The lowest BCUT2D eigenvalue weighted by atomic mass is 10.1. The van der Waals surface area contributed by atoms with E-state index in [4.69, 9.17) is 16.3 Å². The molecular formula is C19H23F3N6O5S. The number of guanidine groups is 1. The summed E-state index contributed by atoms with van der Waals surface area (Å²) in [6.45, 7) is 1.05. The second kappa shape index (κ2) is 10.9. The third kappa shape index (κ3) is 7.68. The van der Waals surface area contributed by atoms with Crippen molar-refractivity contribution in [3.8, 4) is 0 Å². The third-order valence-corrected chi connectivity index (χ3v) is 5.54. The molecule has 0 aliphatic heterocycles. The van der Waals surface area contributed by atoms with Crippen molar-refractivity contribution in [1.29, 1.82) is 0 Å². The number of nitrogens with one attached hydrogen (secondary N) is 2. The Morgan fingerprint density at radius 3 is 2.50 bits per heavy atom. The number of pyridine rings is 1. The van der Waals surface area contributed by atoms with E-state index in [2.05, 4.69) is 10.5 Å².